The molecule has 0 spiro atoms. The normalized spacial score (nSPS) is 31.1. The Bertz CT molecular complexity index is 275. The third-order valence-electron chi connectivity index (χ3n) is 3.13. The maximum atomic E-state index is 12.1. The van der Waals surface area contributed by atoms with Crippen molar-refractivity contribution in [2.24, 2.45) is 17.3 Å². The van der Waals surface area contributed by atoms with E-state index in [0.717, 1.165) is 0 Å². The number of carboxylic acid groups (broad SMARTS) is 1. The predicted octanol–water partition coefficient (Wildman–Crippen LogP) is 2.90. The van der Waals surface area contributed by atoms with Crippen LogP contribution in [0.4, 0.5) is 13.2 Å². The number of hydrogen-bond acceptors (Lipinski definition) is 1. The lowest BCUT2D eigenvalue weighted by Crippen LogP contribution is -2.24. The van der Waals surface area contributed by atoms with Crippen molar-refractivity contribution >= 4 is 17.6 Å². The Hall–Kier alpha value is -0.450. The third kappa shape index (κ3) is 2.38. The first-order valence-electron chi connectivity index (χ1n) is 4.52. The topological polar surface area (TPSA) is 37.3 Å². The molecule has 3 atom stereocenters. The highest BCUT2D eigenvalue weighted by molar-refractivity contribution is 6.21. The van der Waals surface area contributed by atoms with Gasteiger partial charge in [-0.05, 0) is 17.8 Å². The van der Waals surface area contributed by atoms with Crippen molar-refractivity contribution in [2.45, 2.75) is 31.8 Å². The second-order valence-electron chi connectivity index (χ2n) is 4.49. The van der Waals surface area contributed by atoms with E-state index in [1.807, 2.05) is 0 Å². The lowest BCUT2D eigenvalue weighted by molar-refractivity contribution is -0.141. The van der Waals surface area contributed by atoms with Gasteiger partial charge in [0.2, 0.25) is 0 Å². The monoisotopic (exact) mass is 244 g/mol. The number of hydrogen-bond donors (Lipinski definition) is 1. The van der Waals surface area contributed by atoms with Crippen LogP contribution in [0.3, 0.4) is 0 Å². The molecule has 1 fully saturated rings. The van der Waals surface area contributed by atoms with E-state index in [9.17, 15) is 18.0 Å². The van der Waals surface area contributed by atoms with Gasteiger partial charge in [0.05, 0.1) is 5.92 Å². The van der Waals surface area contributed by atoms with Gasteiger partial charge < -0.3 is 5.11 Å². The Morgan fingerprint density at radius 2 is 2.00 bits per heavy atom. The average molecular weight is 245 g/mol. The Kier molecular flexibility index (Phi) is 2.98. The molecule has 2 nitrogen and oxygen atoms in total. The van der Waals surface area contributed by atoms with Crippen LogP contribution >= 0.6 is 11.6 Å². The second-order valence-corrected chi connectivity index (χ2v) is 5.02. The molecule has 15 heavy (non-hydrogen) atoms. The minimum absolute atomic E-state index is 0.324. The summed E-state index contributed by atoms with van der Waals surface area (Å²) in [4.78, 5) is 10.7. The molecule has 0 radical (unpaired) electrons. The van der Waals surface area contributed by atoms with Crippen LogP contribution in [0.15, 0.2) is 0 Å². The van der Waals surface area contributed by atoms with Crippen molar-refractivity contribution in [1.82, 2.24) is 0 Å². The zero-order valence-electron chi connectivity index (χ0n) is 8.31. The summed E-state index contributed by atoms with van der Waals surface area (Å²) in [6, 6.07) is 0. The van der Waals surface area contributed by atoms with Crippen molar-refractivity contribution in [1.29, 1.82) is 0 Å². The lowest BCUT2D eigenvalue weighted by Gasteiger charge is -2.13. The molecule has 88 valence electrons. The van der Waals surface area contributed by atoms with Gasteiger partial charge in [-0.3, -0.25) is 4.79 Å². The van der Waals surface area contributed by atoms with E-state index in [2.05, 4.69) is 0 Å². The zero-order chi connectivity index (χ0) is 12.0. The van der Waals surface area contributed by atoms with E-state index in [-0.39, 0.29) is 6.42 Å². The van der Waals surface area contributed by atoms with Crippen LogP contribution in [0.25, 0.3) is 0 Å². The largest absolute Gasteiger partial charge is 0.481 e. The van der Waals surface area contributed by atoms with E-state index >= 15 is 0 Å². The summed E-state index contributed by atoms with van der Waals surface area (Å²) in [5, 5.41) is 6.80. The Morgan fingerprint density at radius 1 is 1.53 bits per heavy atom. The molecule has 0 heterocycles. The number of aliphatic carboxylic acids is 1. The number of carbonyl (C=O) groups is 1. The summed E-state index contributed by atoms with van der Waals surface area (Å²) in [7, 11) is 0. The highest BCUT2D eigenvalue weighted by atomic mass is 35.5. The van der Waals surface area contributed by atoms with Crippen molar-refractivity contribution in [3.05, 3.63) is 0 Å². The minimum atomic E-state index is -4.46. The number of rotatable bonds is 3. The molecule has 1 aliphatic rings. The molecule has 0 bridgehead atoms. The van der Waals surface area contributed by atoms with E-state index in [1.54, 1.807) is 13.8 Å². The minimum Gasteiger partial charge on any atom is -0.481 e. The van der Waals surface area contributed by atoms with Crippen LogP contribution in [-0.2, 0) is 4.79 Å². The van der Waals surface area contributed by atoms with Crippen LogP contribution in [0, 0.1) is 17.3 Å². The first-order chi connectivity index (χ1) is 6.58. The number of alkyl halides is 4. The Morgan fingerprint density at radius 3 is 2.27 bits per heavy atom. The van der Waals surface area contributed by atoms with Gasteiger partial charge in [-0.1, -0.05) is 13.8 Å². The van der Waals surface area contributed by atoms with Crippen LogP contribution in [0.2, 0.25) is 0 Å². The molecule has 2 unspecified atom stereocenters. The van der Waals surface area contributed by atoms with E-state index in [0.29, 0.717) is 0 Å². The molecule has 0 aromatic carbocycles. The van der Waals surface area contributed by atoms with E-state index in [4.69, 9.17) is 16.7 Å². The molecule has 6 heteroatoms. The summed E-state index contributed by atoms with van der Waals surface area (Å²) < 4.78 is 36.4. The second kappa shape index (κ2) is 3.54. The van der Waals surface area contributed by atoms with Crippen LogP contribution in [0.1, 0.15) is 20.3 Å². The summed E-state index contributed by atoms with van der Waals surface area (Å²) in [5.74, 6) is -2.24. The summed E-state index contributed by atoms with van der Waals surface area (Å²) in [6.07, 6.45) is -4.78. The highest BCUT2D eigenvalue weighted by Gasteiger charge is 2.63. The summed E-state index contributed by atoms with van der Waals surface area (Å²) in [6.45, 7) is 3.30. The maximum Gasteiger partial charge on any atom is 0.404 e. The van der Waals surface area contributed by atoms with Gasteiger partial charge in [-0.2, -0.15) is 13.2 Å². The first kappa shape index (κ1) is 12.6. The standard InChI is InChI=1S/C9H12ClF3O2/c1-8(2)4(6(8)7(14)15)3-5(10)9(11,12)13/h4-6H,3H2,1-2H3,(H,14,15)/t4?,5?,6-/m0/s1. The molecule has 0 aromatic rings. The molecule has 0 amide bonds. The Balaban J connectivity index is 2.59. The van der Waals surface area contributed by atoms with E-state index in [1.165, 1.54) is 0 Å². The van der Waals surface area contributed by atoms with Crippen molar-refractivity contribution in [2.75, 3.05) is 0 Å². The molecule has 1 saturated carbocycles. The van der Waals surface area contributed by atoms with Gasteiger partial charge >= 0.3 is 12.1 Å². The smallest absolute Gasteiger partial charge is 0.404 e. The third-order valence-corrected chi connectivity index (χ3v) is 3.56. The summed E-state index contributed by atoms with van der Waals surface area (Å²) in [5.41, 5.74) is -0.579. The van der Waals surface area contributed by atoms with Crippen LogP contribution in [-0.4, -0.2) is 22.6 Å². The van der Waals surface area contributed by atoms with Gasteiger partial charge in [0.1, 0.15) is 5.38 Å². The van der Waals surface area contributed by atoms with Gasteiger partial charge in [-0.25, -0.2) is 0 Å². The fourth-order valence-corrected chi connectivity index (χ4v) is 2.22. The SMILES string of the molecule is CC1(C)C(CC(Cl)C(F)(F)F)[C@H]1C(=O)O. The molecule has 0 aliphatic heterocycles. The number of carboxylic acids is 1. The van der Waals surface area contributed by atoms with Crippen LogP contribution in [0.5, 0.6) is 0 Å². The quantitative estimate of drug-likeness (QED) is 0.775. The molecule has 0 saturated heterocycles. The van der Waals surface area contributed by atoms with Gasteiger partial charge in [0, 0.05) is 0 Å². The van der Waals surface area contributed by atoms with Crippen molar-refractivity contribution < 1.29 is 23.1 Å². The first-order valence-corrected chi connectivity index (χ1v) is 4.95. The fraction of sp³-hybridized carbons (Fsp3) is 0.889. The number of halogens is 4. The van der Waals surface area contributed by atoms with Crippen molar-refractivity contribution in [3.63, 3.8) is 0 Å². The van der Waals surface area contributed by atoms with Gasteiger partial charge in [0.25, 0.3) is 0 Å². The highest BCUT2D eigenvalue weighted by Crippen LogP contribution is 2.61. The van der Waals surface area contributed by atoms with E-state index < -0.39 is 34.8 Å². The average Bonchev–Trinajstić information content (AvgIpc) is 2.50. The van der Waals surface area contributed by atoms with Crippen LogP contribution < -0.4 is 0 Å². The molecule has 0 aromatic heterocycles. The molecular weight excluding hydrogens is 233 g/mol. The molecule has 1 aliphatic carbocycles. The molecule has 1 N–H and O–H groups in total. The fourth-order valence-electron chi connectivity index (χ4n) is 2.03. The molecule has 1 rings (SSSR count). The van der Waals surface area contributed by atoms with Gasteiger partial charge in [-0.15, -0.1) is 11.6 Å². The summed E-state index contributed by atoms with van der Waals surface area (Å²) >= 11 is 5.17. The van der Waals surface area contributed by atoms with Crippen molar-refractivity contribution in [3.8, 4) is 0 Å². The van der Waals surface area contributed by atoms with Gasteiger partial charge in [0.15, 0.2) is 0 Å². The maximum absolute atomic E-state index is 12.1. The zero-order valence-corrected chi connectivity index (χ0v) is 9.06. The lowest BCUT2D eigenvalue weighted by atomic mass is 10.1. The molecular formula is C9H12ClF3O2. The Labute approximate surface area is 90.4 Å². The predicted molar refractivity (Wildman–Crippen MR) is 48.7 cm³/mol.